The number of carbonyl (C=O) groups is 1. The highest BCUT2D eigenvalue weighted by Crippen LogP contribution is 2.33. The highest BCUT2D eigenvalue weighted by atomic mass is 35.5. The first kappa shape index (κ1) is 11.8. The molecule has 0 radical (unpaired) electrons. The van der Waals surface area contributed by atoms with Crippen LogP contribution in [0.5, 0.6) is 0 Å². The number of nitrogens with one attached hydrogen (secondary N) is 1. The Hall–Kier alpha value is -1.23. The predicted octanol–water partition coefficient (Wildman–Crippen LogP) is 2.72. The van der Waals surface area contributed by atoms with Gasteiger partial charge in [0.15, 0.2) is 0 Å². The molecule has 0 aliphatic carbocycles. The Kier molecular flexibility index (Phi) is 3.24. The Morgan fingerprint density at radius 2 is 2.00 bits per heavy atom. The zero-order valence-electron chi connectivity index (χ0n) is 7.65. The summed E-state index contributed by atoms with van der Waals surface area (Å²) in [7, 11) is 1.25. The zero-order valence-corrected chi connectivity index (χ0v) is 8.41. The second kappa shape index (κ2) is 4.10. The van der Waals surface area contributed by atoms with Gasteiger partial charge in [-0.2, -0.15) is 13.2 Å². The lowest BCUT2D eigenvalue weighted by atomic mass is 10.1. The van der Waals surface area contributed by atoms with Crippen molar-refractivity contribution in [3.05, 3.63) is 34.3 Å². The molecule has 0 heterocycles. The van der Waals surface area contributed by atoms with Gasteiger partial charge in [0, 0.05) is 12.1 Å². The molecule has 6 heteroatoms. The van der Waals surface area contributed by atoms with E-state index in [4.69, 9.17) is 11.6 Å². The summed E-state index contributed by atoms with van der Waals surface area (Å²) in [6.07, 6.45) is -4.56. The van der Waals surface area contributed by atoms with Gasteiger partial charge in [0.05, 0.1) is 11.1 Å². The van der Waals surface area contributed by atoms with Crippen LogP contribution in [0, 0.1) is 0 Å². The van der Waals surface area contributed by atoms with E-state index in [0.717, 1.165) is 18.2 Å². The van der Waals surface area contributed by atoms with Crippen molar-refractivity contribution in [3.63, 3.8) is 0 Å². The number of carbonyl (C=O) groups excluding carboxylic acids is 1. The summed E-state index contributed by atoms with van der Waals surface area (Å²) >= 11 is 5.52. The minimum atomic E-state index is -4.56. The van der Waals surface area contributed by atoms with Crippen LogP contribution in [0.15, 0.2) is 18.2 Å². The summed E-state index contributed by atoms with van der Waals surface area (Å²) in [5, 5.41) is 2.21. The lowest BCUT2D eigenvalue weighted by Crippen LogP contribution is -2.22. The van der Waals surface area contributed by atoms with E-state index < -0.39 is 23.2 Å². The summed E-state index contributed by atoms with van der Waals surface area (Å²) in [5.41, 5.74) is -1.47. The topological polar surface area (TPSA) is 29.1 Å². The second-order valence-electron chi connectivity index (χ2n) is 2.77. The van der Waals surface area contributed by atoms with E-state index in [9.17, 15) is 18.0 Å². The van der Waals surface area contributed by atoms with Gasteiger partial charge in [-0.05, 0) is 18.2 Å². The lowest BCUT2D eigenvalue weighted by Gasteiger charge is -2.11. The molecular weight excluding hydrogens is 231 g/mol. The third-order valence-corrected chi connectivity index (χ3v) is 1.99. The molecule has 15 heavy (non-hydrogen) atoms. The first-order chi connectivity index (χ1) is 6.86. The summed E-state index contributed by atoms with van der Waals surface area (Å²) in [4.78, 5) is 11.2. The molecule has 0 aromatic heterocycles. The molecule has 0 aliphatic rings. The van der Waals surface area contributed by atoms with Gasteiger partial charge in [-0.1, -0.05) is 11.6 Å². The average molecular weight is 238 g/mol. The smallest absolute Gasteiger partial charge is 0.355 e. The van der Waals surface area contributed by atoms with E-state index in [1.165, 1.54) is 7.05 Å². The largest absolute Gasteiger partial charge is 0.417 e. The number of hydrogen-bond acceptors (Lipinski definition) is 1. The highest BCUT2D eigenvalue weighted by molar-refractivity contribution is 6.31. The second-order valence-corrected chi connectivity index (χ2v) is 3.20. The summed E-state index contributed by atoms with van der Waals surface area (Å²) < 4.78 is 37.4. The van der Waals surface area contributed by atoms with Crippen LogP contribution in [0.3, 0.4) is 0 Å². The normalized spacial score (nSPS) is 11.3. The van der Waals surface area contributed by atoms with Gasteiger partial charge >= 0.3 is 6.18 Å². The monoisotopic (exact) mass is 237 g/mol. The van der Waals surface area contributed by atoms with Gasteiger partial charge in [-0.25, -0.2) is 0 Å². The van der Waals surface area contributed by atoms with Crippen molar-refractivity contribution >= 4 is 17.5 Å². The van der Waals surface area contributed by atoms with Gasteiger partial charge in [0.1, 0.15) is 0 Å². The quantitative estimate of drug-likeness (QED) is 0.800. The molecule has 0 spiro atoms. The first-order valence-electron chi connectivity index (χ1n) is 3.95. The van der Waals surface area contributed by atoms with Crippen LogP contribution in [0.2, 0.25) is 5.02 Å². The summed E-state index contributed by atoms with van der Waals surface area (Å²) in [6, 6.07) is 2.87. The number of benzene rings is 1. The molecule has 1 N–H and O–H groups in total. The Labute approximate surface area is 89.0 Å². The molecule has 2 nitrogen and oxygen atoms in total. The summed E-state index contributed by atoms with van der Waals surface area (Å²) in [6.45, 7) is 0. The van der Waals surface area contributed by atoms with Crippen molar-refractivity contribution in [2.45, 2.75) is 6.18 Å². The van der Waals surface area contributed by atoms with Crippen LogP contribution in [0.1, 0.15) is 15.9 Å². The fourth-order valence-corrected chi connectivity index (χ4v) is 1.26. The fraction of sp³-hybridized carbons (Fsp3) is 0.222. The minimum Gasteiger partial charge on any atom is -0.355 e. The van der Waals surface area contributed by atoms with Crippen LogP contribution < -0.4 is 5.32 Å². The van der Waals surface area contributed by atoms with Crippen molar-refractivity contribution in [2.24, 2.45) is 0 Å². The maximum atomic E-state index is 12.5. The number of amides is 1. The van der Waals surface area contributed by atoms with Gasteiger partial charge in [-0.15, -0.1) is 0 Å². The molecule has 1 rings (SSSR count). The summed E-state index contributed by atoms with van der Waals surface area (Å²) in [5.74, 6) is -0.815. The minimum absolute atomic E-state index is 0.0848. The maximum absolute atomic E-state index is 12.5. The molecule has 0 bridgehead atoms. The molecule has 1 aromatic rings. The van der Waals surface area contributed by atoms with Crippen molar-refractivity contribution < 1.29 is 18.0 Å². The molecular formula is C9H7ClF3NO. The maximum Gasteiger partial charge on any atom is 0.417 e. The van der Waals surface area contributed by atoms with E-state index in [2.05, 4.69) is 5.32 Å². The van der Waals surface area contributed by atoms with Crippen LogP contribution in [0.4, 0.5) is 13.2 Å². The van der Waals surface area contributed by atoms with Crippen LogP contribution in [-0.4, -0.2) is 13.0 Å². The van der Waals surface area contributed by atoms with E-state index >= 15 is 0 Å². The first-order valence-corrected chi connectivity index (χ1v) is 4.33. The van der Waals surface area contributed by atoms with Crippen molar-refractivity contribution in [1.29, 1.82) is 0 Å². The Balaban J connectivity index is 3.33. The molecule has 0 saturated carbocycles. The zero-order chi connectivity index (χ0) is 11.6. The van der Waals surface area contributed by atoms with Gasteiger partial charge in [0.2, 0.25) is 0 Å². The number of halogens is 4. The average Bonchev–Trinajstić information content (AvgIpc) is 2.14. The van der Waals surface area contributed by atoms with E-state index in [1.807, 2.05) is 0 Å². The third kappa shape index (κ3) is 2.62. The van der Waals surface area contributed by atoms with Crippen molar-refractivity contribution in [2.75, 3.05) is 7.05 Å². The molecule has 0 fully saturated rings. The Morgan fingerprint density at radius 3 is 2.47 bits per heavy atom. The van der Waals surface area contributed by atoms with Gasteiger partial charge in [-0.3, -0.25) is 4.79 Å². The van der Waals surface area contributed by atoms with E-state index in [-0.39, 0.29) is 5.02 Å². The molecule has 0 unspecified atom stereocenters. The van der Waals surface area contributed by atoms with Crippen LogP contribution in [0.25, 0.3) is 0 Å². The fourth-order valence-electron chi connectivity index (χ4n) is 1.09. The molecule has 1 aromatic carbocycles. The molecule has 0 atom stereocenters. The van der Waals surface area contributed by atoms with Gasteiger partial charge < -0.3 is 5.32 Å². The van der Waals surface area contributed by atoms with Gasteiger partial charge in [0.25, 0.3) is 5.91 Å². The van der Waals surface area contributed by atoms with Crippen molar-refractivity contribution in [3.8, 4) is 0 Å². The molecule has 0 aliphatic heterocycles. The lowest BCUT2D eigenvalue weighted by molar-refractivity contribution is -0.137. The Morgan fingerprint density at radius 1 is 1.40 bits per heavy atom. The standard InChI is InChI=1S/C9H7ClF3NO/c1-14-8(15)6-4-5(10)2-3-7(6)9(11,12)13/h2-4H,1H3,(H,14,15). The van der Waals surface area contributed by atoms with Crippen molar-refractivity contribution in [1.82, 2.24) is 5.32 Å². The predicted molar refractivity (Wildman–Crippen MR) is 49.8 cm³/mol. The van der Waals surface area contributed by atoms with E-state index in [1.54, 1.807) is 0 Å². The molecule has 82 valence electrons. The van der Waals surface area contributed by atoms with E-state index in [0.29, 0.717) is 0 Å². The third-order valence-electron chi connectivity index (χ3n) is 1.76. The number of rotatable bonds is 1. The highest BCUT2D eigenvalue weighted by Gasteiger charge is 2.34. The SMILES string of the molecule is CNC(=O)c1cc(Cl)ccc1C(F)(F)F. The van der Waals surface area contributed by atoms with Crippen LogP contribution in [-0.2, 0) is 6.18 Å². The Bertz CT molecular complexity index is 389. The molecule has 1 amide bonds. The molecule has 0 saturated heterocycles. The van der Waals surface area contributed by atoms with Crippen LogP contribution >= 0.6 is 11.6 Å². The number of alkyl halides is 3. The number of hydrogen-bond donors (Lipinski definition) is 1.